The Morgan fingerprint density at radius 2 is 1.97 bits per heavy atom. The largest absolute Gasteiger partial charge is 0.396 e. The van der Waals surface area contributed by atoms with Gasteiger partial charge in [-0.1, -0.05) is 36.9 Å². The lowest BCUT2D eigenvalue weighted by atomic mass is 9.94. The van der Waals surface area contributed by atoms with Crippen LogP contribution in [0.25, 0.3) is 11.3 Å². The van der Waals surface area contributed by atoms with E-state index < -0.39 is 0 Å². The van der Waals surface area contributed by atoms with Gasteiger partial charge in [-0.15, -0.1) is 0 Å². The number of aromatic nitrogens is 3. The van der Waals surface area contributed by atoms with Crippen molar-refractivity contribution < 1.29 is 4.79 Å². The molecular formula is C22H23ClN6O. The van der Waals surface area contributed by atoms with Crippen molar-refractivity contribution in [2.75, 3.05) is 16.0 Å². The van der Waals surface area contributed by atoms with E-state index in [4.69, 9.17) is 22.3 Å². The zero-order chi connectivity index (χ0) is 20.9. The average Bonchev–Trinajstić information content (AvgIpc) is 2.77. The fraction of sp³-hybridized carbons (Fsp3) is 0.273. The van der Waals surface area contributed by atoms with Gasteiger partial charge < -0.3 is 5.73 Å². The van der Waals surface area contributed by atoms with E-state index in [1.54, 1.807) is 47.8 Å². The molecule has 0 aromatic carbocycles. The van der Waals surface area contributed by atoms with Crippen LogP contribution in [0, 0.1) is 0 Å². The molecule has 3 aromatic heterocycles. The number of nitrogens with two attached hydrogens (primary N) is 1. The molecule has 30 heavy (non-hydrogen) atoms. The lowest BCUT2D eigenvalue weighted by Crippen LogP contribution is -2.45. The highest BCUT2D eigenvalue weighted by Crippen LogP contribution is 2.32. The van der Waals surface area contributed by atoms with Crippen molar-refractivity contribution in [3.63, 3.8) is 0 Å². The molecule has 0 radical (unpaired) electrons. The minimum absolute atomic E-state index is 0.0185. The number of nitrogens with zero attached hydrogens (tertiary/aromatic N) is 4. The van der Waals surface area contributed by atoms with E-state index in [0.29, 0.717) is 28.0 Å². The first kappa shape index (κ1) is 20.1. The minimum atomic E-state index is -0.291. The Morgan fingerprint density at radius 1 is 1.13 bits per heavy atom. The summed E-state index contributed by atoms with van der Waals surface area (Å²) in [7, 11) is 0. The van der Waals surface area contributed by atoms with Crippen molar-refractivity contribution in [3.8, 4) is 11.3 Å². The van der Waals surface area contributed by atoms with Crippen LogP contribution in [-0.4, -0.2) is 27.0 Å². The molecule has 1 saturated carbocycles. The van der Waals surface area contributed by atoms with Gasteiger partial charge in [0.2, 0.25) is 0 Å². The lowest BCUT2D eigenvalue weighted by molar-refractivity contribution is 0.252. The molecule has 3 N–H and O–H groups in total. The first-order valence-electron chi connectivity index (χ1n) is 10.0. The summed E-state index contributed by atoms with van der Waals surface area (Å²) in [4.78, 5) is 28.1. The van der Waals surface area contributed by atoms with E-state index >= 15 is 0 Å². The van der Waals surface area contributed by atoms with Crippen LogP contribution in [0.15, 0.2) is 55.0 Å². The fourth-order valence-corrected chi connectivity index (χ4v) is 3.92. The Bertz CT molecular complexity index is 1020. The number of nitrogen functional groups attached to an aromatic ring is 1. The van der Waals surface area contributed by atoms with Gasteiger partial charge in [-0.3, -0.25) is 15.2 Å². The van der Waals surface area contributed by atoms with Crippen molar-refractivity contribution in [1.29, 1.82) is 0 Å². The van der Waals surface area contributed by atoms with E-state index in [1.165, 1.54) is 6.42 Å². The van der Waals surface area contributed by atoms with E-state index in [9.17, 15) is 4.79 Å². The molecular weight excluding hydrogens is 400 g/mol. The average molecular weight is 423 g/mol. The van der Waals surface area contributed by atoms with Gasteiger partial charge in [0.15, 0.2) is 5.82 Å². The van der Waals surface area contributed by atoms with Gasteiger partial charge in [0, 0.05) is 30.2 Å². The summed E-state index contributed by atoms with van der Waals surface area (Å²) >= 11 is 6.09. The van der Waals surface area contributed by atoms with Crippen molar-refractivity contribution in [2.24, 2.45) is 0 Å². The molecule has 1 aliphatic rings. The topological polar surface area (TPSA) is 97.0 Å². The van der Waals surface area contributed by atoms with E-state index in [-0.39, 0.29) is 12.1 Å². The van der Waals surface area contributed by atoms with E-state index in [0.717, 1.165) is 31.2 Å². The van der Waals surface area contributed by atoms with Crippen molar-refractivity contribution >= 4 is 35.0 Å². The highest BCUT2D eigenvalue weighted by molar-refractivity contribution is 6.30. The maximum Gasteiger partial charge on any atom is 0.328 e. The van der Waals surface area contributed by atoms with Gasteiger partial charge in [0.1, 0.15) is 5.82 Å². The molecule has 154 valence electrons. The predicted molar refractivity (Wildman–Crippen MR) is 119 cm³/mol. The van der Waals surface area contributed by atoms with Crippen LogP contribution in [0.2, 0.25) is 5.02 Å². The molecule has 0 atom stereocenters. The van der Waals surface area contributed by atoms with Crippen LogP contribution in [0.1, 0.15) is 32.1 Å². The zero-order valence-corrected chi connectivity index (χ0v) is 17.2. The number of halogens is 1. The van der Waals surface area contributed by atoms with Crippen LogP contribution in [0.3, 0.4) is 0 Å². The number of amides is 2. The third-order valence-electron chi connectivity index (χ3n) is 5.19. The zero-order valence-electron chi connectivity index (χ0n) is 16.5. The molecule has 1 aliphatic carbocycles. The van der Waals surface area contributed by atoms with Crippen molar-refractivity contribution in [2.45, 2.75) is 38.1 Å². The lowest BCUT2D eigenvalue weighted by Gasteiger charge is -2.34. The molecule has 3 heterocycles. The number of urea groups is 1. The molecule has 7 nitrogen and oxygen atoms in total. The number of anilines is 3. The Labute approximate surface area is 180 Å². The highest BCUT2D eigenvalue weighted by Gasteiger charge is 2.30. The summed E-state index contributed by atoms with van der Waals surface area (Å²) in [5.74, 6) is 0.921. The van der Waals surface area contributed by atoms with Crippen LogP contribution >= 0.6 is 11.6 Å². The number of hydrogen-bond donors (Lipinski definition) is 2. The first-order valence-corrected chi connectivity index (χ1v) is 10.4. The van der Waals surface area contributed by atoms with Crippen molar-refractivity contribution in [3.05, 3.63) is 60.0 Å². The third-order valence-corrected chi connectivity index (χ3v) is 5.40. The summed E-state index contributed by atoms with van der Waals surface area (Å²) in [5.41, 5.74) is 8.15. The molecule has 3 aromatic rings. The Balaban J connectivity index is 1.72. The number of rotatable bonds is 4. The molecule has 0 unspecified atom stereocenters. The molecule has 4 rings (SSSR count). The fourth-order valence-electron chi connectivity index (χ4n) is 3.75. The van der Waals surface area contributed by atoms with Crippen molar-refractivity contribution in [1.82, 2.24) is 15.0 Å². The maximum atomic E-state index is 13.3. The second-order valence-corrected chi connectivity index (χ2v) is 7.74. The molecule has 1 fully saturated rings. The SMILES string of the molecule is Nc1ccc(-c2cncc(Cl)c2)nc1N(C(=O)Nc1ccccn1)C1CCCCC1. The molecule has 2 amide bonds. The standard InChI is InChI=1S/C22H23ClN6O/c23-16-12-15(13-25-14-16)19-10-9-18(24)21(27-19)29(17-6-2-1-3-7-17)22(30)28-20-8-4-5-11-26-20/h4-5,8-14,17H,1-3,6-7,24H2,(H,26,28,30). The van der Waals surface area contributed by atoms with Crippen LogP contribution in [0.5, 0.6) is 0 Å². The maximum absolute atomic E-state index is 13.3. The van der Waals surface area contributed by atoms with Gasteiger partial charge in [-0.05, 0) is 43.2 Å². The number of hydrogen-bond acceptors (Lipinski definition) is 5. The summed E-state index contributed by atoms with van der Waals surface area (Å²) < 4.78 is 0. The first-order chi connectivity index (χ1) is 14.6. The predicted octanol–water partition coefficient (Wildman–Crippen LogP) is 5.15. The smallest absolute Gasteiger partial charge is 0.328 e. The van der Waals surface area contributed by atoms with Gasteiger partial charge in [0.05, 0.1) is 16.4 Å². The number of carbonyl (C=O) groups is 1. The molecule has 0 saturated heterocycles. The van der Waals surface area contributed by atoms with Crippen LogP contribution in [-0.2, 0) is 0 Å². The Morgan fingerprint density at radius 3 is 2.70 bits per heavy atom. The van der Waals surface area contributed by atoms with Crippen LogP contribution < -0.4 is 16.0 Å². The number of pyridine rings is 3. The van der Waals surface area contributed by atoms with E-state index in [2.05, 4.69) is 15.3 Å². The van der Waals surface area contributed by atoms with Gasteiger partial charge >= 0.3 is 6.03 Å². The minimum Gasteiger partial charge on any atom is -0.396 e. The number of carbonyl (C=O) groups excluding carboxylic acids is 1. The van der Waals surface area contributed by atoms with Crippen LogP contribution in [0.4, 0.5) is 22.1 Å². The Kier molecular flexibility index (Phi) is 6.09. The molecule has 8 heteroatoms. The summed E-state index contributed by atoms with van der Waals surface area (Å²) in [5, 5.41) is 3.40. The molecule has 0 bridgehead atoms. The second-order valence-electron chi connectivity index (χ2n) is 7.31. The van der Waals surface area contributed by atoms with Gasteiger partial charge in [-0.2, -0.15) is 0 Å². The van der Waals surface area contributed by atoms with E-state index in [1.807, 2.05) is 12.1 Å². The second kappa shape index (κ2) is 9.09. The quantitative estimate of drug-likeness (QED) is 0.606. The summed E-state index contributed by atoms with van der Waals surface area (Å²) in [6, 6.07) is 10.5. The third kappa shape index (κ3) is 4.52. The highest BCUT2D eigenvalue weighted by atomic mass is 35.5. The summed E-state index contributed by atoms with van der Waals surface area (Å²) in [6.07, 6.45) is 10.00. The number of nitrogens with one attached hydrogen (secondary N) is 1. The van der Waals surface area contributed by atoms with Gasteiger partial charge in [0.25, 0.3) is 0 Å². The molecule has 0 aliphatic heterocycles. The monoisotopic (exact) mass is 422 g/mol. The molecule has 0 spiro atoms. The normalized spacial score (nSPS) is 14.3. The van der Waals surface area contributed by atoms with Gasteiger partial charge in [-0.25, -0.2) is 14.8 Å². The summed E-state index contributed by atoms with van der Waals surface area (Å²) in [6.45, 7) is 0. The Hall–Kier alpha value is -3.19.